The lowest BCUT2D eigenvalue weighted by Crippen LogP contribution is -2.17. The second-order valence-corrected chi connectivity index (χ2v) is 4.87. The second kappa shape index (κ2) is 5.33. The van der Waals surface area contributed by atoms with Gasteiger partial charge in [0.1, 0.15) is 5.82 Å². The van der Waals surface area contributed by atoms with Crippen LogP contribution in [0.25, 0.3) is 0 Å². The molecule has 2 rings (SSSR count). The van der Waals surface area contributed by atoms with Crippen molar-refractivity contribution in [1.29, 1.82) is 0 Å². The highest BCUT2D eigenvalue weighted by molar-refractivity contribution is 5.46. The van der Waals surface area contributed by atoms with Crippen LogP contribution in [-0.4, -0.2) is 6.54 Å². The first-order valence-corrected chi connectivity index (χ1v) is 6.26. The van der Waals surface area contributed by atoms with Gasteiger partial charge in [-0.1, -0.05) is 25.3 Å². The van der Waals surface area contributed by atoms with E-state index in [-0.39, 0.29) is 5.82 Å². The van der Waals surface area contributed by atoms with Crippen molar-refractivity contribution in [2.75, 3.05) is 11.9 Å². The fourth-order valence-corrected chi connectivity index (χ4v) is 2.41. The number of anilines is 1. The maximum atomic E-state index is 13.5. The molecule has 0 unspecified atom stereocenters. The van der Waals surface area contributed by atoms with Crippen LogP contribution in [0.4, 0.5) is 10.1 Å². The Bertz CT molecular complexity index is 343. The Balaban J connectivity index is 1.88. The van der Waals surface area contributed by atoms with Crippen LogP contribution in [-0.2, 0) is 0 Å². The molecule has 1 aromatic rings. The van der Waals surface area contributed by atoms with E-state index in [4.69, 9.17) is 0 Å². The normalized spacial score (nSPS) is 17.4. The Hall–Kier alpha value is -1.05. The molecular weight excluding hydrogens is 201 g/mol. The smallest absolute Gasteiger partial charge is 0.146 e. The number of halogens is 1. The van der Waals surface area contributed by atoms with E-state index in [1.165, 1.54) is 32.1 Å². The van der Waals surface area contributed by atoms with E-state index in [1.807, 2.05) is 19.1 Å². The standard InChI is InChI=1S/C14H20FN/c1-11-7-8-14(13(15)9-11)16-10-12-5-3-2-4-6-12/h7-9,12,16H,2-6,10H2,1H3. The third kappa shape index (κ3) is 2.97. The van der Waals surface area contributed by atoms with Crippen LogP contribution in [0.2, 0.25) is 0 Å². The predicted molar refractivity (Wildman–Crippen MR) is 66.2 cm³/mol. The summed E-state index contributed by atoms with van der Waals surface area (Å²) in [5, 5.41) is 3.23. The zero-order valence-electron chi connectivity index (χ0n) is 9.93. The average molecular weight is 221 g/mol. The molecule has 0 aromatic heterocycles. The van der Waals surface area contributed by atoms with E-state index in [0.29, 0.717) is 5.69 Å². The highest BCUT2D eigenvalue weighted by Gasteiger charge is 2.13. The quantitative estimate of drug-likeness (QED) is 0.809. The molecule has 16 heavy (non-hydrogen) atoms. The van der Waals surface area contributed by atoms with E-state index in [1.54, 1.807) is 6.07 Å². The average Bonchev–Trinajstić information content (AvgIpc) is 2.29. The number of hydrogen-bond acceptors (Lipinski definition) is 1. The van der Waals surface area contributed by atoms with Gasteiger partial charge in [0.05, 0.1) is 5.69 Å². The zero-order valence-corrected chi connectivity index (χ0v) is 9.93. The minimum Gasteiger partial charge on any atom is -0.382 e. The van der Waals surface area contributed by atoms with Crippen LogP contribution in [0.15, 0.2) is 18.2 Å². The molecule has 88 valence electrons. The first-order valence-electron chi connectivity index (χ1n) is 6.26. The SMILES string of the molecule is Cc1ccc(NCC2CCCCC2)c(F)c1. The lowest BCUT2D eigenvalue weighted by molar-refractivity contribution is 0.373. The van der Waals surface area contributed by atoms with Crippen molar-refractivity contribution in [3.05, 3.63) is 29.6 Å². The second-order valence-electron chi connectivity index (χ2n) is 4.87. The van der Waals surface area contributed by atoms with E-state index >= 15 is 0 Å². The Morgan fingerprint density at radius 3 is 2.69 bits per heavy atom. The van der Waals surface area contributed by atoms with Crippen LogP contribution in [0.1, 0.15) is 37.7 Å². The lowest BCUT2D eigenvalue weighted by Gasteiger charge is -2.22. The molecule has 2 heteroatoms. The third-order valence-corrected chi connectivity index (χ3v) is 3.43. The predicted octanol–water partition coefficient (Wildman–Crippen LogP) is 4.13. The van der Waals surface area contributed by atoms with Gasteiger partial charge in [0.2, 0.25) is 0 Å². The minimum atomic E-state index is -0.129. The van der Waals surface area contributed by atoms with E-state index in [0.717, 1.165) is 18.0 Å². The van der Waals surface area contributed by atoms with Crippen molar-refractivity contribution in [2.24, 2.45) is 5.92 Å². The summed E-state index contributed by atoms with van der Waals surface area (Å²) in [4.78, 5) is 0. The highest BCUT2D eigenvalue weighted by Crippen LogP contribution is 2.24. The molecule has 0 saturated heterocycles. The van der Waals surface area contributed by atoms with Crippen molar-refractivity contribution >= 4 is 5.69 Å². The summed E-state index contributed by atoms with van der Waals surface area (Å²) in [6.07, 6.45) is 6.63. The van der Waals surface area contributed by atoms with Gasteiger partial charge in [0.15, 0.2) is 0 Å². The fraction of sp³-hybridized carbons (Fsp3) is 0.571. The van der Waals surface area contributed by atoms with Gasteiger partial charge in [0, 0.05) is 6.54 Å². The molecule has 1 aromatic carbocycles. The first-order chi connectivity index (χ1) is 7.75. The largest absolute Gasteiger partial charge is 0.382 e. The maximum absolute atomic E-state index is 13.5. The molecule has 0 bridgehead atoms. The van der Waals surface area contributed by atoms with Crippen LogP contribution in [0.3, 0.4) is 0 Å². The van der Waals surface area contributed by atoms with Crippen LogP contribution < -0.4 is 5.32 Å². The number of rotatable bonds is 3. The maximum Gasteiger partial charge on any atom is 0.146 e. The van der Waals surface area contributed by atoms with E-state index in [9.17, 15) is 4.39 Å². The van der Waals surface area contributed by atoms with E-state index in [2.05, 4.69) is 5.32 Å². The molecule has 0 aliphatic heterocycles. The molecule has 0 radical (unpaired) electrons. The molecule has 1 fully saturated rings. The van der Waals surface area contributed by atoms with Crippen LogP contribution in [0.5, 0.6) is 0 Å². The molecule has 1 aliphatic rings. The summed E-state index contributed by atoms with van der Waals surface area (Å²) >= 11 is 0. The van der Waals surface area contributed by atoms with Crippen molar-refractivity contribution in [3.8, 4) is 0 Å². The third-order valence-electron chi connectivity index (χ3n) is 3.43. The van der Waals surface area contributed by atoms with Gasteiger partial charge in [-0.25, -0.2) is 4.39 Å². The van der Waals surface area contributed by atoms with Gasteiger partial charge < -0.3 is 5.32 Å². The Kier molecular flexibility index (Phi) is 3.81. The number of benzene rings is 1. The van der Waals surface area contributed by atoms with Crippen molar-refractivity contribution in [1.82, 2.24) is 0 Å². The molecular formula is C14H20FN. The lowest BCUT2D eigenvalue weighted by atomic mass is 9.89. The molecule has 0 amide bonds. The van der Waals surface area contributed by atoms with Crippen molar-refractivity contribution < 1.29 is 4.39 Å². The topological polar surface area (TPSA) is 12.0 Å². The first kappa shape index (κ1) is 11.4. The summed E-state index contributed by atoms with van der Waals surface area (Å²) in [7, 11) is 0. The van der Waals surface area contributed by atoms with Gasteiger partial charge in [0.25, 0.3) is 0 Å². The monoisotopic (exact) mass is 221 g/mol. The molecule has 1 N–H and O–H groups in total. The van der Waals surface area contributed by atoms with Crippen molar-refractivity contribution in [2.45, 2.75) is 39.0 Å². The highest BCUT2D eigenvalue weighted by atomic mass is 19.1. The van der Waals surface area contributed by atoms with E-state index < -0.39 is 0 Å². The summed E-state index contributed by atoms with van der Waals surface area (Å²) < 4.78 is 13.5. The van der Waals surface area contributed by atoms with Gasteiger partial charge in [-0.3, -0.25) is 0 Å². The zero-order chi connectivity index (χ0) is 11.4. The van der Waals surface area contributed by atoms with Gasteiger partial charge in [-0.05, 0) is 43.4 Å². The molecule has 1 aliphatic carbocycles. The Morgan fingerprint density at radius 1 is 1.25 bits per heavy atom. The van der Waals surface area contributed by atoms with Crippen molar-refractivity contribution in [3.63, 3.8) is 0 Å². The summed E-state index contributed by atoms with van der Waals surface area (Å²) in [5.74, 6) is 0.602. The van der Waals surface area contributed by atoms with Crippen LogP contribution in [0, 0.1) is 18.7 Å². The number of nitrogens with one attached hydrogen (secondary N) is 1. The molecule has 0 atom stereocenters. The summed E-state index contributed by atoms with van der Waals surface area (Å²) in [6, 6.07) is 5.38. The number of hydrogen-bond donors (Lipinski definition) is 1. The van der Waals surface area contributed by atoms with Crippen LogP contribution >= 0.6 is 0 Å². The number of aryl methyl sites for hydroxylation is 1. The summed E-state index contributed by atoms with van der Waals surface area (Å²) in [5.41, 5.74) is 1.62. The molecule has 0 spiro atoms. The van der Waals surface area contributed by atoms with Gasteiger partial charge in [-0.15, -0.1) is 0 Å². The molecule has 0 heterocycles. The van der Waals surface area contributed by atoms with Gasteiger partial charge in [-0.2, -0.15) is 0 Å². The Morgan fingerprint density at radius 2 is 2.00 bits per heavy atom. The van der Waals surface area contributed by atoms with Gasteiger partial charge >= 0.3 is 0 Å². The fourth-order valence-electron chi connectivity index (χ4n) is 2.41. The molecule has 1 saturated carbocycles. The minimum absolute atomic E-state index is 0.129. The Labute approximate surface area is 97.1 Å². The molecule has 1 nitrogen and oxygen atoms in total. The summed E-state index contributed by atoms with van der Waals surface area (Å²) in [6.45, 7) is 2.83.